The lowest BCUT2D eigenvalue weighted by atomic mass is 10.2. The number of nitrogens with zero attached hydrogens (tertiary/aromatic N) is 3. The zero-order valence-electron chi connectivity index (χ0n) is 10.8. The molecule has 19 heavy (non-hydrogen) atoms. The van der Waals surface area contributed by atoms with Crippen molar-refractivity contribution in [1.29, 1.82) is 0 Å². The molecule has 0 bridgehead atoms. The van der Waals surface area contributed by atoms with E-state index in [0.717, 1.165) is 5.56 Å². The van der Waals surface area contributed by atoms with Crippen LogP contribution in [0.4, 0.5) is 5.82 Å². The van der Waals surface area contributed by atoms with Gasteiger partial charge in [0, 0.05) is 13.6 Å². The van der Waals surface area contributed by atoms with E-state index in [-0.39, 0.29) is 5.15 Å². The highest BCUT2D eigenvalue weighted by atomic mass is 35.5. The Hall–Kier alpha value is -1.94. The molecule has 0 radical (unpaired) electrons. The van der Waals surface area contributed by atoms with Crippen LogP contribution in [0.1, 0.15) is 21.7 Å². The van der Waals surface area contributed by atoms with Crippen LogP contribution in [-0.4, -0.2) is 23.3 Å². The van der Waals surface area contributed by atoms with Gasteiger partial charge in [0.2, 0.25) is 0 Å². The van der Waals surface area contributed by atoms with Gasteiger partial charge in [-0.05, 0) is 12.5 Å². The highest BCUT2D eigenvalue weighted by molar-refractivity contribution is 6.32. The van der Waals surface area contributed by atoms with Gasteiger partial charge in [0.05, 0.1) is 5.56 Å². The second-order valence-corrected chi connectivity index (χ2v) is 4.62. The van der Waals surface area contributed by atoms with E-state index in [4.69, 9.17) is 11.6 Å². The Labute approximate surface area is 117 Å². The van der Waals surface area contributed by atoms with E-state index in [1.165, 1.54) is 0 Å². The van der Waals surface area contributed by atoms with Crippen LogP contribution in [0.3, 0.4) is 0 Å². The van der Waals surface area contributed by atoms with Gasteiger partial charge in [0.15, 0.2) is 6.29 Å². The largest absolute Gasteiger partial charge is 0.355 e. The molecule has 4 nitrogen and oxygen atoms in total. The van der Waals surface area contributed by atoms with Crippen molar-refractivity contribution in [3.8, 4) is 0 Å². The van der Waals surface area contributed by atoms with Crippen molar-refractivity contribution in [3.63, 3.8) is 0 Å². The Morgan fingerprint density at radius 2 is 1.95 bits per heavy atom. The maximum atomic E-state index is 11.1. The molecule has 0 N–H and O–H groups in total. The minimum absolute atomic E-state index is 0.192. The van der Waals surface area contributed by atoms with Crippen LogP contribution < -0.4 is 4.90 Å². The van der Waals surface area contributed by atoms with Crippen LogP contribution in [0, 0.1) is 6.92 Å². The van der Waals surface area contributed by atoms with Crippen molar-refractivity contribution < 1.29 is 4.79 Å². The second kappa shape index (κ2) is 5.80. The summed E-state index contributed by atoms with van der Waals surface area (Å²) in [4.78, 5) is 21.3. The van der Waals surface area contributed by atoms with Gasteiger partial charge in [-0.25, -0.2) is 9.97 Å². The number of aromatic nitrogens is 2. The molecule has 0 saturated carbocycles. The number of rotatable bonds is 4. The molecule has 0 aliphatic heterocycles. The molecule has 0 unspecified atom stereocenters. The molecule has 1 aromatic heterocycles. The summed E-state index contributed by atoms with van der Waals surface area (Å²) in [6, 6.07) is 9.95. The third kappa shape index (κ3) is 3.09. The number of carbonyl (C=O) groups excluding carboxylic acids is 1. The van der Waals surface area contributed by atoms with Crippen molar-refractivity contribution in [2.75, 3.05) is 11.9 Å². The van der Waals surface area contributed by atoms with Crippen molar-refractivity contribution in [2.24, 2.45) is 0 Å². The minimum Gasteiger partial charge on any atom is -0.355 e. The predicted octanol–water partition coefficient (Wildman–Crippen LogP) is 2.89. The van der Waals surface area contributed by atoms with Gasteiger partial charge in [0.25, 0.3) is 0 Å². The molecule has 2 rings (SSSR count). The summed E-state index contributed by atoms with van der Waals surface area (Å²) in [6.45, 7) is 2.40. The van der Waals surface area contributed by atoms with Gasteiger partial charge in [-0.15, -0.1) is 0 Å². The molecule has 0 fully saturated rings. The monoisotopic (exact) mass is 275 g/mol. The van der Waals surface area contributed by atoms with Crippen molar-refractivity contribution >= 4 is 23.7 Å². The highest BCUT2D eigenvalue weighted by Gasteiger charge is 2.14. The topological polar surface area (TPSA) is 46.1 Å². The Kier molecular flexibility index (Phi) is 4.12. The van der Waals surface area contributed by atoms with Gasteiger partial charge in [-0.3, -0.25) is 4.79 Å². The number of aryl methyl sites for hydroxylation is 1. The smallest absolute Gasteiger partial charge is 0.156 e. The fraction of sp³-hybridized carbons (Fsp3) is 0.214. The van der Waals surface area contributed by atoms with Crippen LogP contribution in [0.5, 0.6) is 0 Å². The molecular weight excluding hydrogens is 262 g/mol. The summed E-state index contributed by atoms with van der Waals surface area (Å²) in [7, 11) is 1.87. The first-order valence-corrected chi connectivity index (χ1v) is 6.24. The van der Waals surface area contributed by atoms with Crippen molar-refractivity contribution in [2.45, 2.75) is 13.5 Å². The maximum Gasteiger partial charge on any atom is 0.156 e. The van der Waals surface area contributed by atoms with Gasteiger partial charge < -0.3 is 4.90 Å². The van der Waals surface area contributed by atoms with Gasteiger partial charge in [0.1, 0.15) is 16.8 Å². The van der Waals surface area contributed by atoms with E-state index < -0.39 is 0 Å². The first-order valence-electron chi connectivity index (χ1n) is 5.86. The molecule has 0 spiro atoms. The first-order chi connectivity index (χ1) is 9.11. The normalized spacial score (nSPS) is 10.3. The van der Waals surface area contributed by atoms with E-state index in [0.29, 0.717) is 30.0 Å². The third-order valence-electron chi connectivity index (χ3n) is 2.73. The molecular formula is C14H14ClN3O. The lowest BCUT2D eigenvalue weighted by Gasteiger charge is -2.20. The number of hydrogen-bond acceptors (Lipinski definition) is 4. The third-order valence-corrected chi connectivity index (χ3v) is 3.02. The van der Waals surface area contributed by atoms with E-state index in [1.807, 2.05) is 42.3 Å². The Morgan fingerprint density at radius 1 is 1.26 bits per heavy atom. The molecule has 5 heteroatoms. The molecule has 1 heterocycles. The first kappa shape index (κ1) is 13.5. The summed E-state index contributed by atoms with van der Waals surface area (Å²) >= 11 is 5.97. The number of benzene rings is 1. The molecule has 2 aromatic rings. The van der Waals surface area contributed by atoms with Crippen LogP contribution in [0.15, 0.2) is 30.3 Å². The molecule has 0 atom stereocenters. The fourth-order valence-corrected chi connectivity index (χ4v) is 2.11. The van der Waals surface area contributed by atoms with Crippen LogP contribution in [-0.2, 0) is 6.54 Å². The Balaban J connectivity index is 2.33. The highest BCUT2D eigenvalue weighted by Crippen LogP contribution is 2.23. The lowest BCUT2D eigenvalue weighted by molar-refractivity contribution is 0.112. The lowest BCUT2D eigenvalue weighted by Crippen LogP contribution is -2.20. The molecule has 0 aliphatic carbocycles. The summed E-state index contributed by atoms with van der Waals surface area (Å²) in [5, 5.41) is 0.192. The van der Waals surface area contributed by atoms with E-state index in [2.05, 4.69) is 9.97 Å². The average Bonchev–Trinajstić information content (AvgIpc) is 2.39. The summed E-state index contributed by atoms with van der Waals surface area (Å²) in [5.41, 5.74) is 1.46. The van der Waals surface area contributed by atoms with E-state index in [1.54, 1.807) is 6.92 Å². The number of hydrogen-bond donors (Lipinski definition) is 0. The quantitative estimate of drug-likeness (QED) is 0.636. The predicted molar refractivity (Wildman–Crippen MR) is 75.7 cm³/mol. The van der Waals surface area contributed by atoms with Gasteiger partial charge in [-0.2, -0.15) is 0 Å². The number of halogens is 1. The van der Waals surface area contributed by atoms with Crippen LogP contribution >= 0.6 is 11.6 Å². The van der Waals surface area contributed by atoms with Crippen molar-refractivity contribution in [1.82, 2.24) is 9.97 Å². The molecule has 98 valence electrons. The zero-order chi connectivity index (χ0) is 13.8. The Bertz CT molecular complexity index is 587. The summed E-state index contributed by atoms with van der Waals surface area (Å²) in [5.74, 6) is 1.10. The standard InChI is InChI=1S/C14H14ClN3O/c1-10-16-13(15)12(9-19)14(17-10)18(2)8-11-6-4-3-5-7-11/h3-7,9H,8H2,1-2H3. The minimum atomic E-state index is 0.192. The molecule has 0 amide bonds. The zero-order valence-corrected chi connectivity index (χ0v) is 11.6. The summed E-state index contributed by atoms with van der Waals surface area (Å²) < 4.78 is 0. The fourth-order valence-electron chi connectivity index (χ4n) is 1.86. The number of carbonyl (C=O) groups is 1. The number of anilines is 1. The summed E-state index contributed by atoms with van der Waals surface area (Å²) in [6.07, 6.45) is 0.693. The van der Waals surface area contributed by atoms with Gasteiger partial charge in [-0.1, -0.05) is 41.9 Å². The van der Waals surface area contributed by atoms with Gasteiger partial charge >= 0.3 is 0 Å². The molecule has 1 aromatic carbocycles. The molecule has 0 saturated heterocycles. The van der Waals surface area contributed by atoms with E-state index >= 15 is 0 Å². The number of aldehydes is 1. The second-order valence-electron chi connectivity index (χ2n) is 4.26. The Morgan fingerprint density at radius 3 is 2.58 bits per heavy atom. The van der Waals surface area contributed by atoms with Crippen LogP contribution in [0.2, 0.25) is 5.15 Å². The SMILES string of the molecule is Cc1nc(Cl)c(C=O)c(N(C)Cc2ccccc2)n1. The van der Waals surface area contributed by atoms with Crippen LogP contribution in [0.25, 0.3) is 0 Å². The average molecular weight is 276 g/mol. The van der Waals surface area contributed by atoms with Crippen molar-refractivity contribution in [3.05, 3.63) is 52.4 Å². The van der Waals surface area contributed by atoms with E-state index in [9.17, 15) is 4.79 Å². The maximum absolute atomic E-state index is 11.1. The molecule has 0 aliphatic rings.